The van der Waals surface area contributed by atoms with Crippen molar-refractivity contribution in [2.45, 2.75) is 59.4 Å². The lowest BCUT2D eigenvalue weighted by Gasteiger charge is -2.34. The van der Waals surface area contributed by atoms with Gasteiger partial charge in [0.25, 0.3) is 0 Å². The van der Waals surface area contributed by atoms with Gasteiger partial charge in [0.1, 0.15) is 0 Å². The highest BCUT2D eigenvalue weighted by molar-refractivity contribution is 7.99. The summed E-state index contributed by atoms with van der Waals surface area (Å²) in [5.41, 5.74) is 1.39. The molecule has 0 spiro atoms. The Morgan fingerprint density at radius 1 is 1.21 bits per heavy atom. The van der Waals surface area contributed by atoms with Crippen LogP contribution in [0.25, 0.3) is 0 Å². The Bertz CT molecular complexity index is 876. The minimum atomic E-state index is -0.358. The molecule has 7 heteroatoms. The number of hydrogen-bond donors (Lipinski definition) is 1. The summed E-state index contributed by atoms with van der Waals surface area (Å²) >= 11 is 1.75. The molecule has 1 aromatic carbocycles. The Morgan fingerprint density at radius 2 is 1.85 bits per heavy atom. The third-order valence-corrected chi connectivity index (χ3v) is 7.81. The topological polar surface area (TPSA) is 69.7 Å². The highest BCUT2D eigenvalue weighted by Crippen LogP contribution is 2.33. The number of thioether (sulfide) groups is 1. The third-order valence-electron chi connectivity index (χ3n) is 6.85. The molecule has 1 N–H and O–H groups in total. The molecule has 0 radical (unpaired) electrons. The summed E-state index contributed by atoms with van der Waals surface area (Å²) in [6.45, 7) is 12.7. The average molecular weight is 488 g/mol. The van der Waals surface area contributed by atoms with Crippen molar-refractivity contribution < 1.29 is 14.4 Å². The predicted octanol–water partition coefficient (Wildman–Crippen LogP) is 4.07. The predicted molar refractivity (Wildman–Crippen MR) is 140 cm³/mol. The molecule has 1 heterocycles. The zero-order valence-electron chi connectivity index (χ0n) is 21.8. The first-order valence-electron chi connectivity index (χ1n) is 12.1. The van der Waals surface area contributed by atoms with E-state index in [4.69, 9.17) is 0 Å². The van der Waals surface area contributed by atoms with Crippen molar-refractivity contribution in [1.29, 1.82) is 0 Å². The maximum Gasteiger partial charge on any atom is 0.249 e. The molecule has 1 aliphatic heterocycles. The van der Waals surface area contributed by atoms with Crippen molar-refractivity contribution >= 4 is 29.5 Å². The molecule has 0 aromatic heterocycles. The van der Waals surface area contributed by atoms with Crippen LogP contribution in [0.15, 0.2) is 42.0 Å². The lowest BCUT2D eigenvalue weighted by molar-refractivity contribution is -0.135. The molecule has 0 bridgehead atoms. The van der Waals surface area contributed by atoms with Crippen molar-refractivity contribution in [2.75, 3.05) is 31.8 Å². The molecule has 1 fully saturated rings. The number of nitrogens with zero attached hydrogens (tertiary/aromatic N) is 2. The minimum absolute atomic E-state index is 0.0266. The molecule has 0 saturated carbocycles. The molecule has 0 unspecified atom stereocenters. The Labute approximate surface area is 209 Å². The fourth-order valence-electron chi connectivity index (χ4n) is 4.57. The van der Waals surface area contributed by atoms with Crippen LogP contribution in [-0.4, -0.2) is 65.3 Å². The smallest absolute Gasteiger partial charge is 0.249 e. The average Bonchev–Trinajstić information content (AvgIpc) is 3.35. The summed E-state index contributed by atoms with van der Waals surface area (Å²) in [5.74, 6) is 1.28. The van der Waals surface area contributed by atoms with Crippen LogP contribution in [0.5, 0.6) is 0 Å². The molecule has 1 saturated heterocycles. The van der Waals surface area contributed by atoms with Gasteiger partial charge in [0, 0.05) is 36.3 Å². The second-order valence-corrected chi connectivity index (χ2v) is 11.0. The number of amides is 3. The van der Waals surface area contributed by atoms with Crippen molar-refractivity contribution in [1.82, 2.24) is 15.1 Å². The van der Waals surface area contributed by atoms with Gasteiger partial charge in [0.05, 0.1) is 18.5 Å². The number of carbonyl (C=O) groups is 3. The largest absolute Gasteiger partial charge is 0.347 e. The van der Waals surface area contributed by atoms with Crippen molar-refractivity contribution in [3.8, 4) is 0 Å². The van der Waals surface area contributed by atoms with Gasteiger partial charge < -0.3 is 15.1 Å². The van der Waals surface area contributed by atoms with Crippen molar-refractivity contribution in [3.05, 3.63) is 47.5 Å². The number of likely N-dealkylation sites (N-methyl/N-ethyl adjacent to an activating group) is 1. The normalized spacial score (nSPS) is 16.4. The van der Waals surface area contributed by atoms with E-state index in [1.165, 1.54) is 0 Å². The van der Waals surface area contributed by atoms with E-state index in [9.17, 15) is 14.4 Å². The Morgan fingerprint density at radius 3 is 2.38 bits per heavy atom. The van der Waals surface area contributed by atoms with Crippen LogP contribution >= 0.6 is 11.8 Å². The van der Waals surface area contributed by atoms with E-state index in [0.717, 1.165) is 23.7 Å². The number of carbonyl (C=O) groups excluding carboxylic acids is 3. The molecule has 6 nitrogen and oxygen atoms in total. The maximum atomic E-state index is 13.1. The van der Waals surface area contributed by atoms with Gasteiger partial charge in [-0.3, -0.25) is 14.4 Å². The standard InChI is InChI=1S/C27H41N3O3S/c1-8-22(27(5,6)21-12-10-9-11-13-21)25(32)28-17-24(31)29(7)23(19(2)3)16-20(4)26(33)30-14-15-34-18-30/h9-13,16,19,22-23H,8,14-15,17-18H2,1-7H3,(H,28,32)/b20-16+/t22-,23-/m1/s1. The monoisotopic (exact) mass is 487 g/mol. The van der Waals surface area contributed by atoms with Gasteiger partial charge in [-0.1, -0.05) is 71.0 Å². The van der Waals surface area contributed by atoms with Gasteiger partial charge in [0.2, 0.25) is 17.7 Å². The van der Waals surface area contributed by atoms with E-state index in [1.54, 1.807) is 23.7 Å². The van der Waals surface area contributed by atoms with Crippen LogP contribution in [0, 0.1) is 11.8 Å². The lowest BCUT2D eigenvalue weighted by atomic mass is 9.71. The summed E-state index contributed by atoms with van der Waals surface area (Å²) in [5, 5.41) is 2.88. The highest BCUT2D eigenvalue weighted by atomic mass is 32.2. The summed E-state index contributed by atoms with van der Waals surface area (Å²) in [7, 11) is 1.74. The number of benzene rings is 1. The Hall–Kier alpha value is -2.28. The second-order valence-electron chi connectivity index (χ2n) is 9.96. The van der Waals surface area contributed by atoms with Gasteiger partial charge in [-0.2, -0.15) is 0 Å². The van der Waals surface area contributed by atoms with Crippen LogP contribution < -0.4 is 5.32 Å². The van der Waals surface area contributed by atoms with Gasteiger partial charge in [0.15, 0.2) is 0 Å². The molecule has 1 aromatic rings. The summed E-state index contributed by atoms with van der Waals surface area (Å²) in [4.78, 5) is 42.3. The van der Waals surface area contributed by atoms with Gasteiger partial charge >= 0.3 is 0 Å². The number of nitrogens with one attached hydrogen (secondary N) is 1. The van der Waals surface area contributed by atoms with Gasteiger partial charge in [-0.15, -0.1) is 11.8 Å². The molecule has 1 aliphatic rings. The van der Waals surface area contributed by atoms with E-state index in [0.29, 0.717) is 12.0 Å². The first kappa shape index (κ1) is 28.0. The lowest BCUT2D eigenvalue weighted by Crippen LogP contribution is -2.48. The third kappa shape index (κ3) is 6.87. The maximum absolute atomic E-state index is 13.1. The van der Waals surface area contributed by atoms with E-state index in [1.807, 2.05) is 69.0 Å². The minimum Gasteiger partial charge on any atom is -0.347 e. The summed E-state index contributed by atoms with van der Waals surface area (Å²) in [6, 6.07) is 9.78. The summed E-state index contributed by atoms with van der Waals surface area (Å²) < 4.78 is 0. The molecule has 188 valence electrons. The van der Waals surface area contributed by atoms with Crippen LogP contribution in [-0.2, 0) is 19.8 Å². The van der Waals surface area contributed by atoms with E-state index in [2.05, 4.69) is 19.2 Å². The highest BCUT2D eigenvalue weighted by Gasteiger charge is 2.35. The molecule has 3 amide bonds. The van der Waals surface area contributed by atoms with Gasteiger partial charge in [-0.25, -0.2) is 0 Å². The molecule has 0 aliphatic carbocycles. The Balaban J connectivity index is 2.05. The molecular weight excluding hydrogens is 446 g/mol. The van der Waals surface area contributed by atoms with E-state index >= 15 is 0 Å². The molecule has 2 atom stereocenters. The van der Waals surface area contributed by atoms with Crippen LogP contribution in [0.1, 0.15) is 53.5 Å². The Kier molecular flexibility index (Phi) is 10.2. The zero-order chi connectivity index (χ0) is 25.5. The number of rotatable bonds is 10. The van der Waals surface area contributed by atoms with E-state index < -0.39 is 0 Å². The second kappa shape index (κ2) is 12.4. The molecule has 2 rings (SSSR count). The van der Waals surface area contributed by atoms with Crippen molar-refractivity contribution in [3.63, 3.8) is 0 Å². The molecular formula is C27H41N3O3S. The van der Waals surface area contributed by atoms with Crippen molar-refractivity contribution in [2.24, 2.45) is 11.8 Å². The first-order chi connectivity index (χ1) is 16.0. The first-order valence-corrected chi connectivity index (χ1v) is 13.3. The molecule has 34 heavy (non-hydrogen) atoms. The van der Waals surface area contributed by atoms with Crippen LogP contribution in [0.4, 0.5) is 0 Å². The quantitative estimate of drug-likeness (QED) is 0.505. The fourth-order valence-corrected chi connectivity index (χ4v) is 5.52. The zero-order valence-corrected chi connectivity index (χ0v) is 22.6. The number of hydrogen-bond acceptors (Lipinski definition) is 4. The fraction of sp³-hybridized carbons (Fsp3) is 0.593. The van der Waals surface area contributed by atoms with Crippen LogP contribution in [0.2, 0.25) is 0 Å². The van der Waals surface area contributed by atoms with E-state index in [-0.39, 0.29) is 47.6 Å². The van der Waals surface area contributed by atoms with Gasteiger partial charge in [-0.05, 0) is 24.8 Å². The van der Waals surface area contributed by atoms with Crippen LogP contribution in [0.3, 0.4) is 0 Å². The SMILES string of the molecule is CC[C@H](C(=O)NCC(=O)N(C)[C@H](/C=C(\C)C(=O)N1CCSC1)C(C)C)C(C)(C)c1ccccc1. The summed E-state index contributed by atoms with van der Waals surface area (Å²) in [6.07, 6.45) is 2.56.